The van der Waals surface area contributed by atoms with E-state index in [0.717, 1.165) is 48.8 Å². The van der Waals surface area contributed by atoms with Crippen LogP contribution in [0.25, 0.3) is 21.1 Å². The largest absolute Gasteiger partial charge is 0.327 e. The van der Waals surface area contributed by atoms with Crippen LogP contribution in [0, 0.1) is 5.92 Å². The fourth-order valence-electron chi connectivity index (χ4n) is 5.47. The highest BCUT2D eigenvalue weighted by Gasteiger charge is 2.35. The molecule has 4 aromatic rings. The van der Waals surface area contributed by atoms with Gasteiger partial charge in [0.15, 0.2) is 0 Å². The number of rotatable bonds is 3. The Morgan fingerprint density at radius 1 is 1.14 bits per heavy atom. The van der Waals surface area contributed by atoms with Crippen LogP contribution in [0.1, 0.15) is 48.7 Å². The third-order valence-electron chi connectivity index (χ3n) is 7.43. The summed E-state index contributed by atoms with van der Waals surface area (Å²) < 4.78 is 1.17. The summed E-state index contributed by atoms with van der Waals surface area (Å²) in [5.74, 6) is -0.386. The van der Waals surface area contributed by atoms with E-state index in [1.54, 1.807) is 28.6 Å². The summed E-state index contributed by atoms with van der Waals surface area (Å²) in [6.45, 7) is 4.82. The van der Waals surface area contributed by atoms with E-state index in [9.17, 15) is 9.59 Å². The second-order valence-electron chi connectivity index (χ2n) is 10.2. The van der Waals surface area contributed by atoms with Gasteiger partial charge in [0.05, 0.1) is 44.9 Å². The number of thiazole rings is 1. The highest BCUT2D eigenvalue weighted by atomic mass is 32.1. The van der Waals surface area contributed by atoms with E-state index in [-0.39, 0.29) is 6.04 Å². The van der Waals surface area contributed by atoms with Gasteiger partial charge in [-0.25, -0.2) is 4.98 Å². The topological polar surface area (TPSA) is 107 Å². The first-order chi connectivity index (χ1) is 17.5. The Labute approximate surface area is 212 Å². The van der Waals surface area contributed by atoms with Gasteiger partial charge in [-0.05, 0) is 56.5 Å². The number of carbonyl (C=O) groups excluding carboxylic acids is 2. The van der Waals surface area contributed by atoms with E-state index in [0.29, 0.717) is 29.6 Å². The number of likely N-dealkylation sites (N-methyl/N-ethyl adjacent to an activating group) is 1. The van der Waals surface area contributed by atoms with Crippen LogP contribution in [0.5, 0.6) is 0 Å². The number of piperidine rings is 1. The van der Waals surface area contributed by atoms with E-state index in [1.807, 2.05) is 0 Å². The van der Waals surface area contributed by atoms with Crippen molar-refractivity contribution in [1.82, 2.24) is 30.0 Å². The molecule has 2 N–H and O–H groups in total. The van der Waals surface area contributed by atoms with Gasteiger partial charge in [-0.2, -0.15) is 5.10 Å². The molecule has 186 valence electrons. The van der Waals surface area contributed by atoms with E-state index >= 15 is 0 Å². The molecule has 0 saturated carbocycles. The summed E-state index contributed by atoms with van der Waals surface area (Å²) in [5, 5.41) is 11.6. The number of carbonyl (C=O) groups is 2. The molecular weight excluding hydrogens is 474 g/mol. The number of pyridine rings is 1. The predicted octanol–water partition coefficient (Wildman–Crippen LogP) is 3.93. The van der Waals surface area contributed by atoms with Gasteiger partial charge in [-0.3, -0.25) is 19.7 Å². The zero-order chi connectivity index (χ0) is 24.8. The minimum atomic E-state index is -0.666. The summed E-state index contributed by atoms with van der Waals surface area (Å²) >= 11 is 1.77. The summed E-state index contributed by atoms with van der Waals surface area (Å²) in [4.78, 5) is 39.7. The van der Waals surface area contributed by atoms with Crippen molar-refractivity contribution in [3.05, 3.63) is 47.4 Å². The number of amides is 2. The minimum absolute atomic E-state index is 0.160. The molecular formula is C26H29N7O2S. The van der Waals surface area contributed by atoms with Crippen LogP contribution in [-0.4, -0.2) is 68.5 Å². The van der Waals surface area contributed by atoms with Gasteiger partial charge in [-0.15, -0.1) is 11.3 Å². The number of H-pyrrole nitrogens is 1. The molecule has 10 heteroatoms. The molecule has 0 radical (unpaired) electrons. The van der Waals surface area contributed by atoms with Crippen molar-refractivity contribution in [2.24, 2.45) is 5.92 Å². The van der Waals surface area contributed by atoms with Crippen molar-refractivity contribution in [3.8, 4) is 0 Å². The molecule has 0 unspecified atom stereocenters. The van der Waals surface area contributed by atoms with Gasteiger partial charge < -0.3 is 15.1 Å². The minimum Gasteiger partial charge on any atom is -0.327 e. The van der Waals surface area contributed by atoms with Gasteiger partial charge in [-0.1, -0.05) is 13.0 Å². The zero-order valence-electron chi connectivity index (χ0n) is 20.4. The van der Waals surface area contributed by atoms with Crippen LogP contribution in [0.15, 0.2) is 36.8 Å². The number of benzene rings is 1. The van der Waals surface area contributed by atoms with Gasteiger partial charge in [0.1, 0.15) is 0 Å². The fraction of sp³-hybridized carbons (Fsp3) is 0.423. The molecule has 5 heterocycles. The van der Waals surface area contributed by atoms with E-state index in [2.05, 4.69) is 57.6 Å². The summed E-state index contributed by atoms with van der Waals surface area (Å²) in [7, 11) is 2.16. The van der Waals surface area contributed by atoms with E-state index in [4.69, 9.17) is 4.98 Å². The number of hydrogen-bond acceptors (Lipinski definition) is 7. The summed E-state index contributed by atoms with van der Waals surface area (Å²) in [5.41, 5.74) is 3.11. The number of hydrogen-bond donors (Lipinski definition) is 2. The molecule has 3 aromatic heterocycles. The predicted molar refractivity (Wildman–Crippen MR) is 140 cm³/mol. The molecule has 2 amide bonds. The highest BCUT2D eigenvalue weighted by molar-refractivity contribution is 7.18. The maximum atomic E-state index is 13.4. The van der Waals surface area contributed by atoms with Gasteiger partial charge in [0.2, 0.25) is 0 Å². The molecule has 2 aliphatic heterocycles. The van der Waals surface area contributed by atoms with Crippen LogP contribution >= 0.6 is 11.3 Å². The number of aromatic nitrogens is 4. The van der Waals surface area contributed by atoms with E-state index in [1.165, 1.54) is 15.9 Å². The van der Waals surface area contributed by atoms with Crippen LogP contribution in [-0.2, 0) is 9.59 Å². The van der Waals surface area contributed by atoms with Crippen molar-refractivity contribution < 1.29 is 9.59 Å². The third kappa shape index (κ3) is 4.24. The molecule has 0 spiro atoms. The second-order valence-corrected chi connectivity index (χ2v) is 11.2. The molecule has 9 nitrogen and oxygen atoms in total. The number of nitrogens with zero attached hydrogens (tertiary/aromatic N) is 5. The van der Waals surface area contributed by atoms with Crippen molar-refractivity contribution in [1.29, 1.82) is 0 Å². The number of anilines is 1. The maximum absolute atomic E-state index is 13.4. The quantitative estimate of drug-likeness (QED) is 0.410. The standard InChI is InChI=1S/C26H29N7O2S/c1-15-3-5-21(16-4-6-22-19(9-16)30-25(36-22)17-7-8-32(2)14-17)33(13-15)26(35)24(34)29-20-12-27-10-18-11-28-31-23(18)20/h4,6,9-12,15,17,21H,3,5,7-8,13-14H2,1-2H3,(H,28,31)(H,29,34)/t15-,17+,21+/m0/s1. The smallest absolute Gasteiger partial charge is 0.314 e. The van der Waals surface area contributed by atoms with E-state index < -0.39 is 11.8 Å². The highest BCUT2D eigenvalue weighted by Crippen LogP contribution is 2.37. The number of aromatic amines is 1. The lowest BCUT2D eigenvalue weighted by Gasteiger charge is -2.38. The molecule has 2 fully saturated rings. The van der Waals surface area contributed by atoms with Crippen molar-refractivity contribution >= 4 is 50.0 Å². The van der Waals surface area contributed by atoms with Crippen LogP contribution in [0.2, 0.25) is 0 Å². The number of nitrogens with one attached hydrogen (secondary N) is 2. The normalized spacial score (nSPS) is 22.9. The molecule has 0 aliphatic carbocycles. The molecule has 2 saturated heterocycles. The Bertz CT molecular complexity index is 1450. The van der Waals surface area contributed by atoms with Crippen molar-refractivity contribution in [2.45, 2.75) is 38.1 Å². The van der Waals surface area contributed by atoms with Crippen molar-refractivity contribution in [2.75, 3.05) is 32.0 Å². The number of fused-ring (bicyclic) bond motifs is 2. The Balaban J connectivity index is 1.25. The average molecular weight is 504 g/mol. The fourth-order valence-corrected chi connectivity index (χ4v) is 6.54. The average Bonchev–Trinajstić information content (AvgIpc) is 3.62. The molecule has 36 heavy (non-hydrogen) atoms. The summed E-state index contributed by atoms with van der Waals surface area (Å²) in [6, 6.07) is 6.17. The van der Waals surface area contributed by atoms with Gasteiger partial charge in [0.25, 0.3) is 0 Å². The monoisotopic (exact) mass is 503 g/mol. The third-order valence-corrected chi connectivity index (χ3v) is 8.63. The first kappa shape index (κ1) is 23.1. The lowest BCUT2D eigenvalue weighted by atomic mass is 9.89. The molecule has 0 bridgehead atoms. The Kier molecular flexibility index (Phi) is 5.93. The lowest BCUT2D eigenvalue weighted by Crippen LogP contribution is -2.46. The van der Waals surface area contributed by atoms with Gasteiger partial charge >= 0.3 is 11.8 Å². The molecule has 6 rings (SSSR count). The first-order valence-corrected chi connectivity index (χ1v) is 13.3. The van der Waals surface area contributed by atoms with Crippen LogP contribution < -0.4 is 5.32 Å². The molecule has 2 aliphatic rings. The summed E-state index contributed by atoms with van der Waals surface area (Å²) in [6.07, 6.45) is 7.77. The van der Waals surface area contributed by atoms with Crippen molar-refractivity contribution in [3.63, 3.8) is 0 Å². The zero-order valence-corrected chi connectivity index (χ0v) is 21.2. The van der Waals surface area contributed by atoms with Crippen LogP contribution in [0.4, 0.5) is 5.69 Å². The first-order valence-electron chi connectivity index (χ1n) is 12.4. The second kappa shape index (κ2) is 9.25. The Morgan fingerprint density at radius 3 is 2.86 bits per heavy atom. The Hall–Kier alpha value is -3.37. The SMILES string of the molecule is C[C@H]1CC[C@H](c2ccc3sc([C@@H]4CCN(C)C4)nc3c2)N(C(=O)C(=O)Nc2cncc3cn[nH]c23)C1. The van der Waals surface area contributed by atoms with Crippen LogP contribution in [0.3, 0.4) is 0 Å². The maximum Gasteiger partial charge on any atom is 0.314 e. The Morgan fingerprint density at radius 2 is 2.03 bits per heavy atom. The lowest BCUT2D eigenvalue weighted by molar-refractivity contribution is -0.146. The molecule has 1 aromatic carbocycles. The van der Waals surface area contributed by atoms with Gasteiger partial charge in [0, 0.05) is 30.6 Å². The molecule has 3 atom stereocenters. The number of likely N-dealkylation sites (tertiary alicyclic amines) is 2.